The summed E-state index contributed by atoms with van der Waals surface area (Å²) in [5.41, 5.74) is 2.43. The van der Waals surface area contributed by atoms with Crippen molar-refractivity contribution < 1.29 is 0 Å². The third kappa shape index (κ3) is 1.53. The van der Waals surface area contributed by atoms with Crippen molar-refractivity contribution in [3.05, 3.63) is 23.4 Å². The molecule has 1 aliphatic rings. The lowest BCUT2D eigenvalue weighted by Crippen LogP contribution is -1.85. The Hall–Kier alpha value is -0.850. The normalized spacial score (nSPS) is 18.3. The first-order valence-corrected chi connectivity index (χ1v) is 3.17. The van der Waals surface area contributed by atoms with Gasteiger partial charge >= 0.3 is 0 Å². The molecule has 0 atom stereocenters. The lowest BCUT2D eigenvalue weighted by molar-refractivity contribution is 0.942. The van der Waals surface area contributed by atoms with E-state index < -0.39 is 0 Å². The predicted molar refractivity (Wildman–Crippen MR) is 40.6 cm³/mol. The van der Waals surface area contributed by atoms with E-state index >= 15 is 0 Å². The Bertz CT molecular complexity index is 175. The minimum absolute atomic E-state index is 1.03. The van der Waals surface area contributed by atoms with E-state index in [-0.39, 0.29) is 0 Å². The Balaban J connectivity index is 2.74. The van der Waals surface area contributed by atoms with E-state index in [2.05, 4.69) is 30.8 Å². The van der Waals surface area contributed by atoms with Crippen LogP contribution in [-0.4, -0.2) is 6.72 Å². The van der Waals surface area contributed by atoms with Gasteiger partial charge in [0.05, 0.1) is 5.70 Å². The fourth-order valence-electron chi connectivity index (χ4n) is 0.941. The van der Waals surface area contributed by atoms with Gasteiger partial charge in [0.1, 0.15) is 0 Å². The van der Waals surface area contributed by atoms with Gasteiger partial charge in [-0.2, -0.15) is 0 Å². The summed E-state index contributed by atoms with van der Waals surface area (Å²) in [4.78, 5) is 3.83. The van der Waals surface area contributed by atoms with Crippen molar-refractivity contribution in [1.29, 1.82) is 0 Å². The largest absolute Gasteiger partial charge is 0.265 e. The molecule has 0 radical (unpaired) electrons. The minimum Gasteiger partial charge on any atom is -0.265 e. The number of hydrogen-bond acceptors (Lipinski definition) is 1. The molecule has 0 fully saturated rings. The molecular formula is C8H11N. The van der Waals surface area contributed by atoms with Crippen LogP contribution in [0.2, 0.25) is 0 Å². The van der Waals surface area contributed by atoms with Crippen LogP contribution in [0.25, 0.3) is 0 Å². The molecule has 1 rings (SSSR count). The van der Waals surface area contributed by atoms with Crippen LogP contribution in [0.3, 0.4) is 0 Å². The number of allylic oxidation sites excluding steroid dienone is 3. The number of aliphatic imine (C=N–C) groups is 1. The summed E-state index contributed by atoms with van der Waals surface area (Å²) in [7, 11) is 0. The first-order chi connectivity index (χ1) is 4.33. The van der Waals surface area contributed by atoms with E-state index in [9.17, 15) is 0 Å². The first-order valence-electron chi connectivity index (χ1n) is 3.17. The van der Waals surface area contributed by atoms with Crippen molar-refractivity contribution in [2.75, 3.05) is 0 Å². The predicted octanol–water partition coefficient (Wildman–Crippen LogP) is 2.31. The average molecular weight is 121 g/mol. The smallest absolute Gasteiger partial charge is 0.0582 e. The van der Waals surface area contributed by atoms with Gasteiger partial charge in [-0.15, -0.1) is 0 Å². The third-order valence-corrected chi connectivity index (χ3v) is 1.47. The second kappa shape index (κ2) is 2.62. The van der Waals surface area contributed by atoms with E-state index in [0.717, 1.165) is 12.1 Å². The van der Waals surface area contributed by atoms with Crippen LogP contribution in [0.4, 0.5) is 0 Å². The highest BCUT2D eigenvalue weighted by Gasteiger charge is 1.97. The molecule has 0 heterocycles. The SMILES string of the molecule is C=NC1=CCCC(C)=C1. The molecule has 0 aromatic rings. The maximum Gasteiger partial charge on any atom is 0.0582 e. The van der Waals surface area contributed by atoms with Crippen molar-refractivity contribution >= 4 is 6.72 Å². The molecule has 1 heteroatoms. The molecule has 0 saturated heterocycles. The lowest BCUT2D eigenvalue weighted by atomic mass is 10.1. The van der Waals surface area contributed by atoms with Crippen molar-refractivity contribution in [3.63, 3.8) is 0 Å². The molecule has 0 amide bonds. The number of hydrogen-bond donors (Lipinski definition) is 0. The summed E-state index contributed by atoms with van der Waals surface area (Å²) in [5.74, 6) is 0. The average Bonchev–Trinajstić information content (AvgIpc) is 1.88. The van der Waals surface area contributed by atoms with E-state index in [1.165, 1.54) is 12.0 Å². The maximum absolute atomic E-state index is 3.83. The zero-order chi connectivity index (χ0) is 6.69. The zero-order valence-electron chi connectivity index (χ0n) is 5.72. The molecule has 0 spiro atoms. The molecule has 0 aromatic carbocycles. The molecule has 0 saturated carbocycles. The van der Waals surface area contributed by atoms with Crippen molar-refractivity contribution in [1.82, 2.24) is 0 Å². The highest BCUT2D eigenvalue weighted by Crippen LogP contribution is 2.16. The van der Waals surface area contributed by atoms with Gasteiger partial charge in [-0.3, -0.25) is 4.99 Å². The van der Waals surface area contributed by atoms with Crippen LogP contribution in [0.5, 0.6) is 0 Å². The lowest BCUT2D eigenvalue weighted by Gasteiger charge is -2.04. The van der Waals surface area contributed by atoms with Gasteiger partial charge in [-0.25, -0.2) is 0 Å². The van der Waals surface area contributed by atoms with Crippen molar-refractivity contribution in [3.8, 4) is 0 Å². The van der Waals surface area contributed by atoms with Gasteiger partial charge in [0, 0.05) is 0 Å². The second-order valence-electron chi connectivity index (χ2n) is 2.32. The third-order valence-electron chi connectivity index (χ3n) is 1.47. The Kier molecular flexibility index (Phi) is 1.83. The van der Waals surface area contributed by atoms with Gasteiger partial charge in [0.2, 0.25) is 0 Å². The van der Waals surface area contributed by atoms with Crippen LogP contribution in [0, 0.1) is 0 Å². The molecule has 9 heavy (non-hydrogen) atoms. The monoisotopic (exact) mass is 121 g/mol. The van der Waals surface area contributed by atoms with Crippen LogP contribution in [0.15, 0.2) is 28.4 Å². The van der Waals surface area contributed by atoms with E-state index in [0.29, 0.717) is 0 Å². The summed E-state index contributed by atoms with van der Waals surface area (Å²) < 4.78 is 0. The van der Waals surface area contributed by atoms with Crippen LogP contribution >= 0.6 is 0 Å². The Morgan fingerprint density at radius 2 is 2.44 bits per heavy atom. The van der Waals surface area contributed by atoms with E-state index in [1.54, 1.807) is 0 Å². The minimum atomic E-state index is 1.03. The highest BCUT2D eigenvalue weighted by atomic mass is 14.7. The fraction of sp³-hybridized carbons (Fsp3) is 0.375. The number of nitrogens with zero attached hydrogens (tertiary/aromatic N) is 1. The molecule has 0 N–H and O–H groups in total. The van der Waals surface area contributed by atoms with Crippen molar-refractivity contribution in [2.24, 2.45) is 4.99 Å². The van der Waals surface area contributed by atoms with Gasteiger partial charge in [-0.1, -0.05) is 11.6 Å². The summed E-state index contributed by atoms with van der Waals surface area (Å²) in [6.45, 7) is 5.58. The quantitative estimate of drug-likeness (QED) is 0.472. The Morgan fingerprint density at radius 1 is 1.67 bits per heavy atom. The standard InChI is InChI=1S/C8H11N/c1-7-4-3-5-8(6-7)9-2/h5-6H,2-4H2,1H3. The molecule has 48 valence electrons. The molecule has 1 aliphatic carbocycles. The number of rotatable bonds is 1. The molecule has 0 bridgehead atoms. The van der Waals surface area contributed by atoms with E-state index in [1.807, 2.05) is 0 Å². The fourth-order valence-corrected chi connectivity index (χ4v) is 0.941. The van der Waals surface area contributed by atoms with Crippen LogP contribution in [0.1, 0.15) is 19.8 Å². The van der Waals surface area contributed by atoms with Gasteiger partial charge < -0.3 is 0 Å². The first kappa shape index (κ1) is 6.27. The highest BCUT2D eigenvalue weighted by molar-refractivity contribution is 5.35. The summed E-state index contributed by atoms with van der Waals surface area (Å²) in [6, 6.07) is 0. The molecule has 1 nitrogen and oxygen atoms in total. The molecular weight excluding hydrogens is 110 g/mol. The summed E-state index contributed by atoms with van der Waals surface area (Å²) in [6.07, 6.45) is 6.49. The van der Waals surface area contributed by atoms with Gasteiger partial charge in [0.15, 0.2) is 0 Å². The van der Waals surface area contributed by atoms with Gasteiger partial charge in [0.25, 0.3) is 0 Å². The molecule has 0 aromatic heterocycles. The maximum atomic E-state index is 3.83. The summed E-state index contributed by atoms with van der Waals surface area (Å²) >= 11 is 0. The van der Waals surface area contributed by atoms with Gasteiger partial charge in [-0.05, 0) is 32.6 Å². The Morgan fingerprint density at radius 3 is 2.89 bits per heavy atom. The van der Waals surface area contributed by atoms with Crippen LogP contribution < -0.4 is 0 Å². The zero-order valence-corrected chi connectivity index (χ0v) is 5.72. The van der Waals surface area contributed by atoms with E-state index in [4.69, 9.17) is 0 Å². The van der Waals surface area contributed by atoms with Crippen LogP contribution in [-0.2, 0) is 0 Å². The Labute approximate surface area is 55.8 Å². The molecule has 0 aliphatic heterocycles. The summed E-state index contributed by atoms with van der Waals surface area (Å²) in [5, 5.41) is 0. The second-order valence-corrected chi connectivity index (χ2v) is 2.32. The molecule has 0 unspecified atom stereocenters. The topological polar surface area (TPSA) is 12.4 Å². The van der Waals surface area contributed by atoms with Crippen molar-refractivity contribution in [2.45, 2.75) is 19.8 Å².